The van der Waals surface area contributed by atoms with Crippen LogP contribution in [-0.4, -0.2) is 31.8 Å². The zero-order chi connectivity index (χ0) is 17.4. The van der Waals surface area contributed by atoms with E-state index in [4.69, 9.17) is 15.2 Å². The molecule has 6 nitrogen and oxygen atoms in total. The van der Waals surface area contributed by atoms with Crippen molar-refractivity contribution in [2.75, 3.05) is 26.1 Å². The maximum absolute atomic E-state index is 9.59. The molecule has 2 rings (SSSR count). The zero-order valence-electron chi connectivity index (χ0n) is 14.0. The van der Waals surface area contributed by atoms with Crippen LogP contribution < -0.4 is 15.8 Å². The number of hydrogen-bond donors (Lipinski definition) is 3. The topological polar surface area (TPSA) is 89.1 Å². The highest BCUT2D eigenvalue weighted by Gasteiger charge is 2.04. The molecular weight excluding hydrogens is 306 g/mol. The molecule has 2 aromatic rings. The van der Waals surface area contributed by atoms with E-state index in [0.717, 1.165) is 16.8 Å². The first-order valence-electron chi connectivity index (χ1n) is 7.63. The van der Waals surface area contributed by atoms with Crippen LogP contribution in [0.4, 0.5) is 5.69 Å². The third-order valence-electron chi connectivity index (χ3n) is 3.51. The van der Waals surface area contributed by atoms with Crippen molar-refractivity contribution in [1.82, 2.24) is 0 Å². The van der Waals surface area contributed by atoms with Gasteiger partial charge in [-0.25, -0.2) is 0 Å². The van der Waals surface area contributed by atoms with E-state index in [1.807, 2.05) is 30.3 Å². The number of guanidine groups is 1. The van der Waals surface area contributed by atoms with Gasteiger partial charge in [-0.15, -0.1) is 0 Å². The summed E-state index contributed by atoms with van der Waals surface area (Å²) in [4.78, 5) is 4.33. The Morgan fingerprint density at radius 3 is 2.75 bits per heavy atom. The van der Waals surface area contributed by atoms with Crippen molar-refractivity contribution in [3.05, 3.63) is 53.6 Å². The Morgan fingerprint density at radius 2 is 2.00 bits per heavy atom. The highest BCUT2D eigenvalue weighted by atomic mass is 16.5. The lowest BCUT2D eigenvalue weighted by atomic mass is 10.1. The van der Waals surface area contributed by atoms with E-state index in [1.165, 1.54) is 7.11 Å². The molecule has 6 heteroatoms. The molecule has 0 heterocycles. The molecule has 0 spiro atoms. The number of nitrogens with two attached hydrogens (primary N) is 1. The average molecular weight is 329 g/mol. The predicted octanol–water partition coefficient (Wildman–Crippen LogP) is 2.52. The number of rotatable bonds is 7. The molecule has 0 bridgehead atoms. The molecule has 24 heavy (non-hydrogen) atoms. The van der Waals surface area contributed by atoms with Crippen molar-refractivity contribution in [2.24, 2.45) is 10.7 Å². The molecule has 0 aliphatic heterocycles. The van der Waals surface area contributed by atoms with Gasteiger partial charge >= 0.3 is 0 Å². The van der Waals surface area contributed by atoms with Crippen LogP contribution in [0.3, 0.4) is 0 Å². The van der Waals surface area contributed by atoms with Crippen molar-refractivity contribution >= 4 is 11.6 Å². The fourth-order valence-electron chi connectivity index (χ4n) is 2.28. The molecule has 0 radical (unpaired) electrons. The Morgan fingerprint density at radius 1 is 1.21 bits per heavy atom. The molecule has 0 atom stereocenters. The number of para-hydroxylation sites is 1. The third kappa shape index (κ3) is 4.89. The van der Waals surface area contributed by atoms with Crippen LogP contribution in [0.1, 0.15) is 11.1 Å². The van der Waals surface area contributed by atoms with Gasteiger partial charge in [0.2, 0.25) is 0 Å². The second-order valence-corrected chi connectivity index (χ2v) is 5.24. The lowest BCUT2D eigenvalue weighted by Gasteiger charge is -2.11. The van der Waals surface area contributed by atoms with Gasteiger partial charge in [-0.2, -0.15) is 0 Å². The quantitative estimate of drug-likeness (QED) is 0.536. The van der Waals surface area contributed by atoms with Gasteiger partial charge in [-0.3, -0.25) is 4.99 Å². The molecule has 128 valence electrons. The Labute approximate surface area is 141 Å². The van der Waals surface area contributed by atoms with Gasteiger partial charge in [0.25, 0.3) is 0 Å². The van der Waals surface area contributed by atoms with E-state index in [-0.39, 0.29) is 5.75 Å². The lowest BCUT2D eigenvalue weighted by molar-refractivity contribution is 0.185. The van der Waals surface area contributed by atoms with Crippen LogP contribution >= 0.6 is 0 Å². The van der Waals surface area contributed by atoms with E-state index in [0.29, 0.717) is 31.3 Å². The van der Waals surface area contributed by atoms with Crippen molar-refractivity contribution < 1.29 is 14.6 Å². The van der Waals surface area contributed by atoms with E-state index in [9.17, 15) is 5.11 Å². The SMILES string of the molecule is COCc1ccccc1NC(N)=NCCc1ccc(O)c(OC)c1. The van der Waals surface area contributed by atoms with Crippen LogP contribution in [0.5, 0.6) is 11.5 Å². The van der Waals surface area contributed by atoms with Gasteiger partial charge in [0, 0.05) is 24.9 Å². The number of benzene rings is 2. The van der Waals surface area contributed by atoms with Crippen LogP contribution in [0.25, 0.3) is 0 Å². The summed E-state index contributed by atoms with van der Waals surface area (Å²) in [5.41, 5.74) is 8.86. The number of hydrogen-bond acceptors (Lipinski definition) is 4. The van der Waals surface area contributed by atoms with Gasteiger partial charge in [-0.05, 0) is 30.2 Å². The summed E-state index contributed by atoms with van der Waals surface area (Å²) >= 11 is 0. The summed E-state index contributed by atoms with van der Waals surface area (Å²) in [5, 5.41) is 12.7. The molecule has 0 saturated carbocycles. The van der Waals surface area contributed by atoms with E-state index in [2.05, 4.69) is 10.3 Å². The first-order chi connectivity index (χ1) is 11.6. The molecule has 0 amide bonds. The highest BCUT2D eigenvalue weighted by Crippen LogP contribution is 2.26. The van der Waals surface area contributed by atoms with E-state index >= 15 is 0 Å². The number of aliphatic imine (C=N–C) groups is 1. The van der Waals surface area contributed by atoms with E-state index in [1.54, 1.807) is 19.2 Å². The number of ether oxygens (including phenoxy) is 2. The average Bonchev–Trinajstić information content (AvgIpc) is 2.58. The largest absolute Gasteiger partial charge is 0.504 e. The summed E-state index contributed by atoms with van der Waals surface area (Å²) in [5.74, 6) is 0.932. The lowest BCUT2D eigenvalue weighted by Crippen LogP contribution is -2.23. The monoisotopic (exact) mass is 329 g/mol. The van der Waals surface area contributed by atoms with E-state index < -0.39 is 0 Å². The van der Waals surface area contributed by atoms with Crippen molar-refractivity contribution in [3.8, 4) is 11.5 Å². The van der Waals surface area contributed by atoms with Crippen LogP contribution in [0, 0.1) is 0 Å². The second-order valence-electron chi connectivity index (χ2n) is 5.24. The van der Waals surface area contributed by atoms with Gasteiger partial charge < -0.3 is 25.6 Å². The number of nitrogens with one attached hydrogen (secondary N) is 1. The minimum atomic E-state index is 0.126. The number of phenols is 1. The van der Waals surface area contributed by atoms with Gasteiger partial charge in [0.15, 0.2) is 17.5 Å². The second kappa shape index (κ2) is 8.79. The molecule has 2 aromatic carbocycles. The summed E-state index contributed by atoms with van der Waals surface area (Å²) in [6, 6.07) is 13.0. The minimum absolute atomic E-state index is 0.126. The summed E-state index contributed by atoms with van der Waals surface area (Å²) in [6.07, 6.45) is 0.693. The van der Waals surface area contributed by atoms with Crippen molar-refractivity contribution in [3.63, 3.8) is 0 Å². The molecule has 0 unspecified atom stereocenters. The molecule has 0 fully saturated rings. The molecule has 0 aliphatic carbocycles. The normalized spacial score (nSPS) is 11.3. The number of methoxy groups -OCH3 is 2. The van der Waals surface area contributed by atoms with Crippen LogP contribution in [0.15, 0.2) is 47.5 Å². The minimum Gasteiger partial charge on any atom is -0.504 e. The Hall–Kier alpha value is -2.73. The van der Waals surface area contributed by atoms with Crippen molar-refractivity contribution in [2.45, 2.75) is 13.0 Å². The van der Waals surface area contributed by atoms with Gasteiger partial charge in [0.05, 0.1) is 13.7 Å². The summed E-state index contributed by atoms with van der Waals surface area (Å²) < 4.78 is 10.3. The molecule has 0 saturated heterocycles. The Kier molecular flexibility index (Phi) is 6.45. The third-order valence-corrected chi connectivity index (χ3v) is 3.51. The standard InChI is InChI=1S/C18H23N3O3/c1-23-12-14-5-3-4-6-15(14)21-18(19)20-10-9-13-7-8-16(22)17(11-13)24-2/h3-8,11,22H,9-10,12H2,1-2H3,(H3,19,20,21). The fraction of sp³-hybridized carbons (Fsp3) is 0.278. The van der Waals surface area contributed by atoms with Gasteiger partial charge in [0.1, 0.15) is 0 Å². The number of anilines is 1. The fourth-order valence-corrected chi connectivity index (χ4v) is 2.28. The Balaban J connectivity index is 1.95. The first-order valence-corrected chi connectivity index (χ1v) is 7.63. The Bertz CT molecular complexity index is 702. The number of nitrogens with zero attached hydrogens (tertiary/aromatic N) is 1. The maximum atomic E-state index is 9.59. The predicted molar refractivity (Wildman–Crippen MR) is 95.6 cm³/mol. The molecule has 0 aliphatic rings. The zero-order valence-corrected chi connectivity index (χ0v) is 14.0. The first kappa shape index (κ1) is 17.6. The summed E-state index contributed by atoms with van der Waals surface area (Å²) in [7, 11) is 3.18. The van der Waals surface area contributed by atoms with Crippen LogP contribution in [0.2, 0.25) is 0 Å². The molecule has 4 N–H and O–H groups in total. The van der Waals surface area contributed by atoms with Gasteiger partial charge in [-0.1, -0.05) is 24.3 Å². The molecule has 0 aromatic heterocycles. The smallest absolute Gasteiger partial charge is 0.193 e. The van der Waals surface area contributed by atoms with Crippen molar-refractivity contribution in [1.29, 1.82) is 0 Å². The summed E-state index contributed by atoms with van der Waals surface area (Å²) in [6.45, 7) is 1.03. The number of aromatic hydroxyl groups is 1. The van der Waals surface area contributed by atoms with Crippen LogP contribution in [-0.2, 0) is 17.8 Å². The maximum Gasteiger partial charge on any atom is 0.193 e. The molecular formula is C18H23N3O3. The number of phenolic OH excluding ortho intramolecular Hbond substituents is 1. The highest BCUT2D eigenvalue weighted by molar-refractivity contribution is 5.92.